The van der Waals surface area contributed by atoms with Crippen molar-refractivity contribution in [2.45, 2.75) is 46.2 Å². The lowest BCUT2D eigenvalue weighted by molar-refractivity contribution is 0.328. The minimum Gasteiger partial charge on any atom is -0.494 e. The summed E-state index contributed by atoms with van der Waals surface area (Å²) in [7, 11) is 0. The molecule has 0 saturated heterocycles. The van der Waals surface area contributed by atoms with E-state index >= 15 is 0 Å². The molecule has 0 aliphatic carbocycles. The third-order valence-electron chi connectivity index (χ3n) is 2.96. The zero-order valence-corrected chi connectivity index (χ0v) is 12.7. The molecule has 0 bridgehead atoms. The molecule has 2 nitrogen and oxygen atoms in total. The smallest absolute Gasteiger partial charge is 0.123 e. The predicted octanol–water partition coefficient (Wildman–Crippen LogP) is 4.13. The first-order chi connectivity index (χ1) is 7.98. The number of hydrogen-bond donors (Lipinski definition) is 1. The second kappa shape index (κ2) is 6.41. The number of halogens is 1. The maximum Gasteiger partial charge on any atom is 0.123 e. The summed E-state index contributed by atoms with van der Waals surface area (Å²) >= 11 is 3.50. The van der Waals surface area contributed by atoms with Gasteiger partial charge < -0.3 is 10.1 Å². The van der Waals surface area contributed by atoms with Crippen LogP contribution in [0, 0.1) is 0 Å². The zero-order chi connectivity index (χ0) is 12.9. The molecule has 0 atom stereocenters. The third kappa shape index (κ3) is 4.68. The molecule has 1 rings (SSSR count). The van der Waals surface area contributed by atoms with E-state index in [1.54, 1.807) is 0 Å². The highest BCUT2D eigenvalue weighted by atomic mass is 79.9. The van der Waals surface area contributed by atoms with Crippen molar-refractivity contribution >= 4 is 15.9 Å². The third-order valence-corrected chi connectivity index (χ3v) is 3.46. The van der Waals surface area contributed by atoms with Crippen molar-refractivity contribution in [2.75, 3.05) is 6.61 Å². The van der Waals surface area contributed by atoms with Gasteiger partial charge in [0.15, 0.2) is 0 Å². The number of benzene rings is 1. The van der Waals surface area contributed by atoms with Crippen LogP contribution in [-0.4, -0.2) is 12.1 Å². The van der Waals surface area contributed by atoms with Gasteiger partial charge >= 0.3 is 0 Å². The fraction of sp³-hybridized carbons (Fsp3) is 0.571. The summed E-state index contributed by atoms with van der Waals surface area (Å²) in [6.07, 6.45) is 1.10. The van der Waals surface area contributed by atoms with Crippen LogP contribution < -0.4 is 10.1 Å². The first-order valence-electron chi connectivity index (χ1n) is 6.14. The van der Waals surface area contributed by atoms with Gasteiger partial charge in [-0.2, -0.15) is 0 Å². The van der Waals surface area contributed by atoms with Crippen molar-refractivity contribution in [3.05, 3.63) is 28.2 Å². The Morgan fingerprint density at radius 1 is 1.29 bits per heavy atom. The van der Waals surface area contributed by atoms with Crippen molar-refractivity contribution in [2.24, 2.45) is 0 Å². The molecule has 1 aromatic rings. The van der Waals surface area contributed by atoms with Crippen LogP contribution in [0.5, 0.6) is 5.75 Å². The normalized spacial score (nSPS) is 11.6. The fourth-order valence-electron chi connectivity index (χ4n) is 1.44. The Kier molecular flexibility index (Phi) is 5.47. The van der Waals surface area contributed by atoms with Crippen molar-refractivity contribution in [3.8, 4) is 5.75 Å². The van der Waals surface area contributed by atoms with Gasteiger partial charge in [-0.15, -0.1) is 0 Å². The van der Waals surface area contributed by atoms with Gasteiger partial charge in [0.2, 0.25) is 0 Å². The molecule has 1 N–H and O–H groups in total. The molecular formula is C14H22BrNO. The van der Waals surface area contributed by atoms with Gasteiger partial charge in [0.05, 0.1) is 6.61 Å². The highest BCUT2D eigenvalue weighted by Gasteiger charge is 2.14. The molecule has 0 radical (unpaired) electrons. The monoisotopic (exact) mass is 299 g/mol. The quantitative estimate of drug-likeness (QED) is 0.853. The largest absolute Gasteiger partial charge is 0.494 e. The molecule has 0 aliphatic rings. The van der Waals surface area contributed by atoms with Gasteiger partial charge in [0, 0.05) is 22.1 Å². The van der Waals surface area contributed by atoms with Gasteiger partial charge in [-0.1, -0.05) is 22.9 Å². The molecule has 0 aromatic heterocycles. The maximum absolute atomic E-state index is 5.63. The number of nitrogens with one attached hydrogen (secondary N) is 1. The van der Waals surface area contributed by atoms with Crippen LogP contribution in [0.3, 0.4) is 0 Å². The number of ether oxygens (including phenoxy) is 1. The van der Waals surface area contributed by atoms with Crippen LogP contribution in [0.1, 0.15) is 39.7 Å². The summed E-state index contributed by atoms with van der Waals surface area (Å²) in [5, 5.41) is 3.55. The predicted molar refractivity (Wildman–Crippen MR) is 76.5 cm³/mol. The van der Waals surface area contributed by atoms with E-state index < -0.39 is 0 Å². The summed E-state index contributed by atoms with van der Waals surface area (Å²) in [4.78, 5) is 0. The summed E-state index contributed by atoms with van der Waals surface area (Å²) in [6.45, 7) is 10.2. The second-order valence-electron chi connectivity index (χ2n) is 4.78. The van der Waals surface area contributed by atoms with Crippen LogP contribution in [0.25, 0.3) is 0 Å². The second-order valence-corrected chi connectivity index (χ2v) is 5.69. The summed E-state index contributed by atoms with van der Waals surface area (Å²) in [6, 6.07) is 6.15. The Hall–Kier alpha value is -0.540. The molecule has 0 heterocycles. The Morgan fingerprint density at radius 3 is 2.59 bits per heavy atom. The number of hydrogen-bond acceptors (Lipinski definition) is 2. The molecule has 0 spiro atoms. The maximum atomic E-state index is 5.63. The Balaban J connectivity index is 2.77. The molecule has 0 unspecified atom stereocenters. The van der Waals surface area contributed by atoms with Crippen molar-refractivity contribution in [1.82, 2.24) is 5.32 Å². The van der Waals surface area contributed by atoms with Crippen LogP contribution in [0.2, 0.25) is 0 Å². The average molecular weight is 300 g/mol. The summed E-state index contributed by atoms with van der Waals surface area (Å²) in [5.74, 6) is 0.968. The lowest BCUT2D eigenvalue weighted by atomic mass is 10.0. The van der Waals surface area contributed by atoms with E-state index in [0.717, 1.165) is 23.2 Å². The van der Waals surface area contributed by atoms with E-state index in [-0.39, 0.29) is 5.54 Å². The van der Waals surface area contributed by atoms with E-state index in [4.69, 9.17) is 4.74 Å². The molecule has 96 valence electrons. The SMILES string of the molecule is CCOc1ccc(Br)cc1CNC(C)(C)CC. The van der Waals surface area contributed by atoms with E-state index in [0.29, 0.717) is 6.61 Å². The lowest BCUT2D eigenvalue weighted by Gasteiger charge is -2.25. The molecule has 0 aliphatic heterocycles. The Bertz CT molecular complexity index is 363. The molecule has 3 heteroatoms. The Morgan fingerprint density at radius 2 is 2.00 bits per heavy atom. The average Bonchev–Trinajstić information content (AvgIpc) is 2.30. The molecule has 0 saturated carbocycles. The molecule has 17 heavy (non-hydrogen) atoms. The standard InChI is InChI=1S/C14H22BrNO/c1-5-14(3,4)16-10-11-9-12(15)7-8-13(11)17-6-2/h7-9,16H,5-6,10H2,1-4H3. The van der Waals surface area contributed by atoms with Crippen molar-refractivity contribution in [3.63, 3.8) is 0 Å². The lowest BCUT2D eigenvalue weighted by Crippen LogP contribution is -2.37. The van der Waals surface area contributed by atoms with Crippen molar-refractivity contribution < 1.29 is 4.74 Å². The minimum absolute atomic E-state index is 0.159. The summed E-state index contributed by atoms with van der Waals surface area (Å²) < 4.78 is 6.72. The zero-order valence-electron chi connectivity index (χ0n) is 11.1. The van der Waals surface area contributed by atoms with Gasteiger partial charge in [0.1, 0.15) is 5.75 Å². The first-order valence-corrected chi connectivity index (χ1v) is 6.94. The van der Waals surface area contributed by atoms with Gasteiger partial charge in [0.25, 0.3) is 0 Å². The van der Waals surface area contributed by atoms with E-state index in [2.05, 4.69) is 48.1 Å². The van der Waals surface area contributed by atoms with Gasteiger partial charge in [-0.3, -0.25) is 0 Å². The number of rotatable bonds is 6. The van der Waals surface area contributed by atoms with Crippen LogP contribution in [-0.2, 0) is 6.54 Å². The molecule has 1 aromatic carbocycles. The topological polar surface area (TPSA) is 21.3 Å². The molecular weight excluding hydrogens is 278 g/mol. The van der Waals surface area contributed by atoms with E-state index in [1.165, 1.54) is 5.56 Å². The Labute approximate surface area is 113 Å². The minimum atomic E-state index is 0.159. The van der Waals surface area contributed by atoms with Gasteiger partial charge in [-0.25, -0.2) is 0 Å². The first kappa shape index (κ1) is 14.5. The van der Waals surface area contributed by atoms with Crippen LogP contribution in [0.4, 0.5) is 0 Å². The van der Waals surface area contributed by atoms with E-state index in [9.17, 15) is 0 Å². The van der Waals surface area contributed by atoms with Crippen molar-refractivity contribution in [1.29, 1.82) is 0 Å². The van der Waals surface area contributed by atoms with Gasteiger partial charge in [-0.05, 0) is 45.4 Å². The summed E-state index contributed by atoms with van der Waals surface area (Å²) in [5.41, 5.74) is 1.36. The van der Waals surface area contributed by atoms with E-state index in [1.807, 2.05) is 19.1 Å². The van der Waals surface area contributed by atoms with Crippen LogP contribution >= 0.6 is 15.9 Å². The highest BCUT2D eigenvalue weighted by Crippen LogP contribution is 2.24. The van der Waals surface area contributed by atoms with Crippen LogP contribution in [0.15, 0.2) is 22.7 Å². The molecule has 0 fully saturated rings. The fourth-order valence-corrected chi connectivity index (χ4v) is 1.85. The molecule has 0 amide bonds. The highest BCUT2D eigenvalue weighted by molar-refractivity contribution is 9.10.